The van der Waals surface area contributed by atoms with E-state index in [-0.39, 0.29) is 7.92 Å². The first-order valence-corrected chi connectivity index (χ1v) is 16.6. The van der Waals surface area contributed by atoms with Gasteiger partial charge in [-0.15, -0.1) is 0 Å². The second-order valence-electron chi connectivity index (χ2n) is 12.5. The van der Waals surface area contributed by atoms with E-state index in [0.717, 1.165) is 30.7 Å². The highest BCUT2D eigenvalue weighted by atomic mass is 31.1. The van der Waals surface area contributed by atoms with Crippen LogP contribution in [0.15, 0.2) is 36.4 Å². The number of benzene rings is 2. The molecule has 0 amide bonds. The van der Waals surface area contributed by atoms with Crippen LogP contribution in [0.2, 0.25) is 0 Å². The molecule has 1 N–H and O–H groups in total. The Balaban J connectivity index is 1.89. The van der Waals surface area contributed by atoms with Crippen LogP contribution in [0.5, 0.6) is 0 Å². The van der Waals surface area contributed by atoms with E-state index in [1.54, 1.807) is 27.6 Å². The molecule has 2 saturated carbocycles. The van der Waals surface area contributed by atoms with Gasteiger partial charge in [0, 0.05) is 6.54 Å². The summed E-state index contributed by atoms with van der Waals surface area (Å²) >= 11 is 0. The summed E-state index contributed by atoms with van der Waals surface area (Å²) in [5.41, 5.74) is 9.69. The summed E-state index contributed by atoms with van der Waals surface area (Å²) in [4.78, 5) is 0. The smallest absolute Gasteiger partial charge is 0.0202 e. The van der Waals surface area contributed by atoms with Crippen LogP contribution in [-0.2, 0) is 19.4 Å². The molecule has 4 rings (SSSR count). The molecule has 198 valence electrons. The zero-order valence-electron chi connectivity index (χ0n) is 23.9. The molecular formula is C34H52NP. The molecular weight excluding hydrogens is 453 g/mol. The molecule has 0 atom stereocenters. The van der Waals surface area contributed by atoms with E-state index >= 15 is 0 Å². The molecule has 2 aliphatic carbocycles. The van der Waals surface area contributed by atoms with Crippen molar-refractivity contribution in [3.05, 3.63) is 53.1 Å². The quantitative estimate of drug-likeness (QED) is 0.317. The third-order valence-electron chi connectivity index (χ3n) is 8.39. The van der Waals surface area contributed by atoms with Gasteiger partial charge < -0.3 is 5.32 Å². The van der Waals surface area contributed by atoms with Gasteiger partial charge in [-0.05, 0) is 102 Å². The predicted octanol–water partition coefficient (Wildman–Crippen LogP) is 9.24. The van der Waals surface area contributed by atoms with Crippen molar-refractivity contribution in [1.29, 1.82) is 0 Å². The topological polar surface area (TPSA) is 12.0 Å². The molecule has 0 spiro atoms. The third-order valence-corrected chi connectivity index (χ3v) is 11.9. The normalized spacial score (nSPS) is 18.0. The summed E-state index contributed by atoms with van der Waals surface area (Å²) in [6.45, 7) is 10.5. The molecule has 2 fully saturated rings. The maximum absolute atomic E-state index is 3.42. The molecule has 2 aromatic rings. The van der Waals surface area contributed by atoms with Gasteiger partial charge in [0.15, 0.2) is 0 Å². The third kappa shape index (κ3) is 7.02. The summed E-state index contributed by atoms with van der Waals surface area (Å²) in [5, 5.41) is 5.18. The Morgan fingerprint density at radius 2 is 1.25 bits per heavy atom. The van der Waals surface area contributed by atoms with Gasteiger partial charge in [-0.3, -0.25) is 0 Å². The molecule has 2 aromatic carbocycles. The summed E-state index contributed by atoms with van der Waals surface area (Å²) in [7, 11) is 1.95. The van der Waals surface area contributed by atoms with E-state index in [4.69, 9.17) is 0 Å². The van der Waals surface area contributed by atoms with E-state index in [1.165, 1.54) is 69.8 Å². The van der Waals surface area contributed by atoms with Crippen molar-refractivity contribution in [3.63, 3.8) is 0 Å². The fourth-order valence-corrected chi connectivity index (χ4v) is 11.0. The summed E-state index contributed by atoms with van der Waals surface area (Å²) < 4.78 is 0. The molecule has 0 radical (unpaired) electrons. The molecule has 2 aliphatic rings. The van der Waals surface area contributed by atoms with E-state index in [0.29, 0.717) is 11.8 Å². The monoisotopic (exact) mass is 505 g/mol. The second kappa shape index (κ2) is 13.6. The van der Waals surface area contributed by atoms with Crippen LogP contribution >= 0.6 is 7.92 Å². The molecule has 2 heteroatoms. The lowest BCUT2D eigenvalue weighted by molar-refractivity contribution is 0.487. The van der Waals surface area contributed by atoms with Crippen LogP contribution in [0.4, 0.5) is 0 Å². The van der Waals surface area contributed by atoms with Crippen molar-refractivity contribution in [1.82, 2.24) is 5.32 Å². The maximum atomic E-state index is 3.42. The molecule has 0 saturated heterocycles. The summed E-state index contributed by atoms with van der Waals surface area (Å²) in [5.74, 6) is 1.32. The van der Waals surface area contributed by atoms with Gasteiger partial charge in [0.25, 0.3) is 0 Å². The van der Waals surface area contributed by atoms with E-state index in [9.17, 15) is 0 Å². The van der Waals surface area contributed by atoms with Crippen molar-refractivity contribution < 1.29 is 0 Å². The van der Waals surface area contributed by atoms with Gasteiger partial charge >= 0.3 is 0 Å². The Kier molecular flexibility index (Phi) is 10.5. The molecule has 0 aromatic heterocycles. The SMILES string of the molecule is CNCc1cc(CC(C)C)c(-c2ccccc2P(C2CCCCC2)C2CCCCC2)c(CC(C)C)c1. The van der Waals surface area contributed by atoms with Crippen molar-refractivity contribution in [2.75, 3.05) is 7.05 Å². The largest absolute Gasteiger partial charge is 0.316 e. The standard InChI is InChI=1S/C34H52NP/c1-25(2)20-28-22-27(24-35-5)23-29(21-26(3)4)34(28)32-18-12-13-19-33(32)36(30-14-8-6-9-15-30)31-16-10-7-11-17-31/h12-13,18-19,22-23,25-26,30-31,35H,6-11,14-17,20-21,24H2,1-5H3. The fraction of sp³-hybridized carbons (Fsp3) is 0.647. The van der Waals surface area contributed by atoms with Crippen molar-refractivity contribution >= 4 is 13.2 Å². The minimum atomic E-state index is -0.129. The highest BCUT2D eigenvalue weighted by Crippen LogP contribution is 2.56. The summed E-state index contributed by atoms with van der Waals surface area (Å²) in [6.07, 6.45) is 16.9. The van der Waals surface area contributed by atoms with Gasteiger partial charge in [0.2, 0.25) is 0 Å². The Morgan fingerprint density at radius 3 is 1.72 bits per heavy atom. The first-order valence-electron chi connectivity index (χ1n) is 15.1. The van der Waals surface area contributed by atoms with Gasteiger partial charge in [0.05, 0.1) is 0 Å². The average molecular weight is 506 g/mol. The number of nitrogens with one attached hydrogen (secondary N) is 1. The van der Waals surface area contributed by atoms with E-state index < -0.39 is 0 Å². The Morgan fingerprint density at radius 1 is 0.750 bits per heavy atom. The molecule has 1 nitrogen and oxygen atoms in total. The van der Waals surface area contributed by atoms with Crippen molar-refractivity contribution in [3.8, 4) is 11.1 Å². The summed E-state index contributed by atoms with van der Waals surface area (Å²) in [6, 6.07) is 14.8. The van der Waals surface area contributed by atoms with Crippen molar-refractivity contribution in [2.45, 2.75) is 123 Å². The number of rotatable bonds is 10. The Bertz CT molecular complexity index is 900. The van der Waals surface area contributed by atoms with Crippen molar-refractivity contribution in [2.24, 2.45) is 11.8 Å². The lowest BCUT2D eigenvalue weighted by Gasteiger charge is -2.40. The second-order valence-corrected chi connectivity index (χ2v) is 15.3. The lowest BCUT2D eigenvalue weighted by Crippen LogP contribution is -2.27. The average Bonchev–Trinajstić information content (AvgIpc) is 2.86. The van der Waals surface area contributed by atoms with Gasteiger partial charge in [-0.1, -0.05) is 111 Å². The highest BCUT2D eigenvalue weighted by molar-refractivity contribution is 7.67. The Labute approximate surface area is 224 Å². The molecule has 0 unspecified atom stereocenters. The number of hydrogen-bond acceptors (Lipinski definition) is 1. The van der Waals surface area contributed by atoms with Crippen LogP contribution in [0.3, 0.4) is 0 Å². The molecule has 0 heterocycles. The van der Waals surface area contributed by atoms with Gasteiger partial charge in [-0.25, -0.2) is 0 Å². The molecule has 36 heavy (non-hydrogen) atoms. The first kappa shape index (κ1) is 27.9. The first-order chi connectivity index (χ1) is 17.5. The minimum Gasteiger partial charge on any atom is -0.316 e. The van der Waals surface area contributed by atoms with Gasteiger partial charge in [0.1, 0.15) is 0 Å². The predicted molar refractivity (Wildman–Crippen MR) is 162 cm³/mol. The Hall–Kier alpha value is -1.17. The molecule has 0 aliphatic heterocycles. The zero-order chi connectivity index (χ0) is 25.5. The molecule has 0 bridgehead atoms. The van der Waals surface area contributed by atoms with Crippen LogP contribution in [0.25, 0.3) is 11.1 Å². The van der Waals surface area contributed by atoms with E-state index in [2.05, 4.69) is 76.5 Å². The maximum Gasteiger partial charge on any atom is 0.0202 e. The van der Waals surface area contributed by atoms with Crippen LogP contribution in [0, 0.1) is 11.8 Å². The fourth-order valence-electron chi connectivity index (χ4n) is 7.01. The van der Waals surface area contributed by atoms with Crippen LogP contribution in [-0.4, -0.2) is 18.4 Å². The van der Waals surface area contributed by atoms with Crippen LogP contribution < -0.4 is 10.6 Å². The zero-order valence-corrected chi connectivity index (χ0v) is 24.8. The van der Waals surface area contributed by atoms with Gasteiger partial charge in [-0.2, -0.15) is 0 Å². The minimum absolute atomic E-state index is 0.129. The van der Waals surface area contributed by atoms with E-state index in [1.807, 2.05) is 0 Å². The highest BCUT2D eigenvalue weighted by Gasteiger charge is 2.34. The van der Waals surface area contributed by atoms with Crippen LogP contribution in [0.1, 0.15) is 109 Å². The number of hydrogen-bond donors (Lipinski definition) is 1. The lowest BCUT2D eigenvalue weighted by atomic mass is 9.85.